The molecule has 7 unspecified atom stereocenters. The molecule has 49 heavy (non-hydrogen) atoms. The maximum absolute atomic E-state index is 14.0. The summed E-state index contributed by atoms with van der Waals surface area (Å²) in [6.45, 7) is 4.53. The molecule has 0 amide bonds. The van der Waals surface area contributed by atoms with E-state index in [-0.39, 0.29) is 5.82 Å². The first-order valence-electron chi connectivity index (χ1n) is 19.0. The number of benzene rings is 3. The Hall–Kier alpha value is -3.47. The first kappa shape index (κ1) is 31.5. The molecule has 2 aliphatic heterocycles. The van der Waals surface area contributed by atoms with Gasteiger partial charge >= 0.3 is 0 Å². The van der Waals surface area contributed by atoms with Crippen LogP contribution in [-0.4, -0.2) is 29.0 Å². The summed E-state index contributed by atoms with van der Waals surface area (Å²) in [5.74, 6) is 4.58. The number of rotatable bonds is 11. The van der Waals surface area contributed by atoms with Gasteiger partial charge in [-0.05, 0) is 150 Å². The quantitative estimate of drug-likeness (QED) is 0.139. The Kier molecular flexibility index (Phi) is 8.58. The van der Waals surface area contributed by atoms with Crippen molar-refractivity contribution in [2.45, 2.75) is 70.8 Å². The van der Waals surface area contributed by atoms with E-state index in [2.05, 4.69) is 95.2 Å². The average molecular weight is 669 g/mol. The maximum atomic E-state index is 14.0. The third-order valence-corrected chi connectivity index (χ3v) is 13.8. The van der Waals surface area contributed by atoms with Crippen LogP contribution in [0, 0.1) is 41.3 Å². The Bertz CT molecular complexity index is 2010. The minimum Gasteiger partial charge on any atom is -0.361 e. The van der Waals surface area contributed by atoms with Crippen molar-refractivity contribution in [1.29, 1.82) is 0 Å². The van der Waals surface area contributed by atoms with Crippen LogP contribution >= 0.6 is 11.3 Å². The smallest absolute Gasteiger partial charge is 0.123 e. The van der Waals surface area contributed by atoms with Crippen LogP contribution in [0.4, 0.5) is 4.39 Å². The van der Waals surface area contributed by atoms with Crippen molar-refractivity contribution in [3.63, 3.8) is 0 Å². The van der Waals surface area contributed by atoms with Gasteiger partial charge < -0.3 is 4.98 Å². The number of hydrogen-bond acceptors (Lipinski definition) is 2. The number of aryl methyl sites for hydroxylation is 1. The van der Waals surface area contributed by atoms with E-state index < -0.39 is 0 Å². The highest BCUT2D eigenvalue weighted by atomic mass is 32.1. The highest BCUT2D eigenvalue weighted by Crippen LogP contribution is 2.47. The molecule has 3 aromatic carbocycles. The number of fused-ring (bicyclic) bond motifs is 6. The van der Waals surface area contributed by atoms with Gasteiger partial charge in [0.05, 0.1) is 0 Å². The molecule has 6 aliphatic rings. The molecule has 4 bridgehead atoms. The summed E-state index contributed by atoms with van der Waals surface area (Å²) in [5.41, 5.74) is 7.89. The summed E-state index contributed by atoms with van der Waals surface area (Å²) in [4.78, 5) is 6.02. The Labute approximate surface area is 295 Å². The molecule has 1 N–H and O–H groups in total. The van der Waals surface area contributed by atoms with Crippen LogP contribution in [0.1, 0.15) is 62.1 Å². The summed E-state index contributed by atoms with van der Waals surface area (Å²) < 4.78 is 15.4. The molecule has 4 aliphatic carbocycles. The van der Waals surface area contributed by atoms with Crippen LogP contribution in [0.2, 0.25) is 0 Å². The summed E-state index contributed by atoms with van der Waals surface area (Å²) in [6, 6.07) is 22.0. The second-order valence-electron chi connectivity index (χ2n) is 15.8. The Morgan fingerprint density at radius 1 is 0.816 bits per heavy atom. The maximum Gasteiger partial charge on any atom is 0.123 e. The number of aromatic nitrogens is 1. The molecular weight excluding hydrogens is 620 g/mol. The van der Waals surface area contributed by atoms with Gasteiger partial charge in [-0.1, -0.05) is 74.0 Å². The Morgan fingerprint density at radius 2 is 1.69 bits per heavy atom. The van der Waals surface area contributed by atoms with E-state index in [9.17, 15) is 4.39 Å². The molecule has 252 valence electrons. The monoisotopic (exact) mass is 668 g/mol. The van der Waals surface area contributed by atoms with Gasteiger partial charge in [-0.15, -0.1) is 11.3 Å². The second-order valence-corrected chi connectivity index (χ2v) is 16.7. The lowest BCUT2D eigenvalue weighted by Crippen LogP contribution is -2.51. The van der Waals surface area contributed by atoms with Crippen molar-refractivity contribution in [2.75, 3.05) is 13.1 Å². The number of nitrogens with zero attached hydrogens (tertiary/aromatic N) is 1. The van der Waals surface area contributed by atoms with Crippen molar-refractivity contribution in [3.8, 4) is 11.1 Å². The van der Waals surface area contributed by atoms with E-state index in [1.807, 2.05) is 17.4 Å². The largest absolute Gasteiger partial charge is 0.361 e. The van der Waals surface area contributed by atoms with Gasteiger partial charge in [-0.25, -0.2) is 4.39 Å². The SMILES string of the molecule is CCC1CC2C=CC1C(CCCc1csc3cc(-c4cccc(CC5CC6C=CC5N(CCc5c[nH]c7ccc(F)cc57)C6)c4)ccc13)C2. The van der Waals surface area contributed by atoms with Gasteiger partial charge in [0.25, 0.3) is 0 Å². The molecule has 2 aromatic heterocycles. The topological polar surface area (TPSA) is 19.0 Å². The fraction of sp³-hybridized carbons (Fsp3) is 0.422. The van der Waals surface area contributed by atoms with E-state index in [1.165, 1.54) is 83.4 Å². The van der Waals surface area contributed by atoms with Gasteiger partial charge in [-0.3, -0.25) is 4.90 Å². The van der Waals surface area contributed by atoms with Gasteiger partial charge in [0, 0.05) is 40.9 Å². The van der Waals surface area contributed by atoms with Gasteiger partial charge in [0.15, 0.2) is 0 Å². The molecular formula is C45H49FN2S. The van der Waals surface area contributed by atoms with E-state index in [4.69, 9.17) is 0 Å². The second kappa shape index (κ2) is 13.3. The van der Waals surface area contributed by atoms with E-state index in [0.717, 1.165) is 60.5 Å². The molecule has 0 spiro atoms. The normalized spacial score (nSPS) is 27.6. The molecule has 5 aromatic rings. The number of aromatic amines is 1. The van der Waals surface area contributed by atoms with Crippen molar-refractivity contribution < 1.29 is 4.39 Å². The number of allylic oxidation sites excluding steroid dienone is 2. The number of nitrogens with one attached hydrogen (secondary N) is 1. The number of thiophene rings is 1. The molecule has 0 radical (unpaired) electrons. The summed E-state index contributed by atoms with van der Waals surface area (Å²) >= 11 is 1.93. The van der Waals surface area contributed by atoms with E-state index in [0.29, 0.717) is 17.9 Å². The van der Waals surface area contributed by atoms with Gasteiger partial charge in [0.1, 0.15) is 5.82 Å². The molecule has 7 atom stereocenters. The van der Waals surface area contributed by atoms with E-state index in [1.54, 1.807) is 11.6 Å². The van der Waals surface area contributed by atoms with Crippen molar-refractivity contribution in [2.24, 2.45) is 35.5 Å². The van der Waals surface area contributed by atoms with Crippen LogP contribution < -0.4 is 0 Å². The molecule has 1 saturated carbocycles. The molecule has 4 heteroatoms. The molecule has 1 saturated heterocycles. The van der Waals surface area contributed by atoms with Gasteiger partial charge in [-0.2, -0.15) is 0 Å². The predicted molar refractivity (Wildman–Crippen MR) is 205 cm³/mol. The predicted octanol–water partition coefficient (Wildman–Crippen LogP) is 11.4. The van der Waals surface area contributed by atoms with Gasteiger partial charge in [0.2, 0.25) is 0 Å². The minimum absolute atomic E-state index is 0.162. The highest BCUT2D eigenvalue weighted by molar-refractivity contribution is 7.17. The fourth-order valence-corrected chi connectivity index (χ4v) is 11.4. The standard InChI is InChI=1S/C45H49FN2S/c1-2-32-19-30-9-13-40(32)35(21-30)7-4-8-37-28-49-45-24-34(11-14-41(37)45)33-6-3-5-29(20-33)22-38-23-31-10-16-44(38)48(27-31)18-17-36-26-47-43-15-12-39(46)25-42(36)43/h3,5-6,9-16,20,24-26,28,30-32,35,38,40,44,47H,2,4,7-8,17-19,21-23,27H2,1H3. The minimum atomic E-state index is -0.162. The lowest BCUT2D eigenvalue weighted by molar-refractivity contribution is 0.0846. The summed E-state index contributed by atoms with van der Waals surface area (Å²) in [6.07, 6.45) is 23.5. The van der Waals surface area contributed by atoms with Crippen LogP contribution in [0.5, 0.6) is 0 Å². The molecule has 11 rings (SSSR count). The Morgan fingerprint density at radius 3 is 2.59 bits per heavy atom. The summed E-state index contributed by atoms with van der Waals surface area (Å²) in [5, 5.41) is 4.91. The van der Waals surface area contributed by atoms with Crippen LogP contribution in [0.25, 0.3) is 32.1 Å². The fourth-order valence-electron chi connectivity index (χ4n) is 10.3. The van der Waals surface area contributed by atoms with Crippen molar-refractivity contribution in [1.82, 2.24) is 9.88 Å². The molecule has 2 nitrogen and oxygen atoms in total. The first-order valence-corrected chi connectivity index (χ1v) is 19.9. The molecule has 2 fully saturated rings. The number of hydrogen-bond donors (Lipinski definition) is 1. The Balaban J connectivity index is 0.843. The lowest BCUT2D eigenvalue weighted by atomic mass is 9.61. The zero-order valence-electron chi connectivity index (χ0n) is 28.8. The molecule has 4 heterocycles. The number of H-pyrrole nitrogens is 1. The zero-order valence-corrected chi connectivity index (χ0v) is 29.6. The third-order valence-electron chi connectivity index (χ3n) is 12.8. The lowest BCUT2D eigenvalue weighted by Gasteiger charge is -2.46. The number of piperidine rings is 1. The third kappa shape index (κ3) is 6.25. The highest BCUT2D eigenvalue weighted by Gasteiger charge is 2.38. The average Bonchev–Trinajstić information content (AvgIpc) is 3.74. The number of halogens is 1. The van der Waals surface area contributed by atoms with Crippen LogP contribution in [0.3, 0.4) is 0 Å². The van der Waals surface area contributed by atoms with Crippen molar-refractivity contribution in [3.05, 3.63) is 119 Å². The van der Waals surface area contributed by atoms with Crippen LogP contribution in [-0.2, 0) is 19.3 Å². The first-order chi connectivity index (χ1) is 24.1. The summed E-state index contributed by atoms with van der Waals surface area (Å²) in [7, 11) is 0. The zero-order chi connectivity index (χ0) is 32.9. The van der Waals surface area contributed by atoms with E-state index >= 15 is 0 Å². The van der Waals surface area contributed by atoms with Crippen LogP contribution in [0.15, 0.2) is 96.5 Å². The van der Waals surface area contributed by atoms with Crippen molar-refractivity contribution >= 4 is 32.3 Å².